The van der Waals surface area contributed by atoms with Gasteiger partial charge in [0.1, 0.15) is 11.7 Å². The van der Waals surface area contributed by atoms with E-state index in [0.717, 1.165) is 31.4 Å². The van der Waals surface area contributed by atoms with Crippen molar-refractivity contribution >= 4 is 17.6 Å². The molecule has 1 atom stereocenters. The molecule has 3 N–H and O–H groups in total. The lowest BCUT2D eigenvalue weighted by atomic mass is 9.79. The summed E-state index contributed by atoms with van der Waals surface area (Å²) in [5.74, 6) is 0.0680. The number of nitrogens with zero attached hydrogens (tertiary/aromatic N) is 2. The van der Waals surface area contributed by atoms with E-state index in [2.05, 4.69) is 10.5 Å². The fraction of sp³-hybridized carbons (Fsp3) is 0.688. The van der Waals surface area contributed by atoms with Crippen molar-refractivity contribution in [3.05, 3.63) is 11.8 Å². The molecule has 0 spiro atoms. The molecule has 0 aliphatic heterocycles. The maximum atomic E-state index is 12.6. The van der Waals surface area contributed by atoms with Gasteiger partial charge in [0.25, 0.3) is 0 Å². The molecule has 1 aromatic rings. The normalized spacial score (nSPS) is 16.8. The molecule has 128 valence electrons. The Hall–Kier alpha value is -2.05. The van der Waals surface area contributed by atoms with Gasteiger partial charge in [-0.3, -0.25) is 9.59 Å². The van der Waals surface area contributed by atoms with Gasteiger partial charge < -0.3 is 20.5 Å². The Morgan fingerprint density at radius 3 is 2.70 bits per heavy atom. The van der Waals surface area contributed by atoms with Crippen molar-refractivity contribution in [2.24, 2.45) is 17.6 Å². The second-order valence-corrected chi connectivity index (χ2v) is 6.29. The van der Waals surface area contributed by atoms with Gasteiger partial charge in [0.05, 0.1) is 0 Å². The Balaban J connectivity index is 1.86. The van der Waals surface area contributed by atoms with Crippen LogP contribution in [-0.2, 0) is 9.59 Å². The van der Waals surface area contributed by atoms with Crippen molar-refractivity contribution in [2.45, 2.75) is 39.0 Å². The van der Waals surface area contributed by atoms with E-state index in [1.165, 1.54) is 6.42 Å². The van der Waals surface area contributed by atoms with Crippen molar-refractivity contribution in [3.63, 3.8) is 0 Å². The smallest absolute Gasteiger partial charge is 0.235 e. The molecule has 1 unspecified atom stereocenters. The Morgan fingerprint density at radius 1 is 1.43 bits per heavy atom. The zero-order valence-electron chi connectivity index (χ0n) is 13.9. The third-order valence-electron chi connectivity index (χ3n) is 4.45. The average molecular weight is 322 g/mol. The number of nitrogens with one attached hydrogen (secondary N) is 1. The maximum absolute atomic E-state index is 12.6. The number of amides is 2. The van der Waals surface area contributed by atoms with Crippen LogP contribution in [0.1, 0.15) is 37.9 Å². The van der Waals surface area contributed by atoms with Crippen LogP contribution in [0.5, 0.6) is 0 Å². The Labute approximate surface area is 136 Å². The molecule has 1 aliphatic carbocycles. The minimum Gasteiger partial charge on any atom is -0.369 e. The van der Waals surface area contributed by atoms with Gasteiger partial charge >= 0.3 is 0 Å². The highest BCUT2D eigenvalue weighted by Crippen LogP contribution is 2.30. The van der Waals surface area contributed by atoms with E-state index in [-0.39, 0.29) is 11.8 Å². The predicted molar refractivity (Wildman–Crippen MR) is 86.6 cm³/mol. The summed E-state index contributed by atoms with van der Waals surface area (Å²) < 4.78 is 4.96. The van der Waals surface area contributed by atoms with Crippen molar-refractivity contribution < 1.29 is 14.1 Å². The van der Waals surface area contributed by atoms with Gasteiger partial charge in [-0.25, -0.2) is 0 Å². The second kappa shape index (κ2) is 7.99. The molecule has 1 saturated carbocycles. The van der Waals surface area contributed by atoms with Crippen molar-refractivity contribution in [1.82, 2.24) is 10.1 Å². The summed E-state index contributed by atoms with van der Waals surface area (Å²) in [5, 5.41) is 6.91. The number of primary amides is 1. The lowest BCUT2D eigenvalue weighted by molar-refractivity contribution is -0.142. The topological polar surface area (TPSA) is 101 Å². The van der Waals surface area contributed by atoms with Crippen LogP contribution in [0.4, 0.5) is 5.82 Å². The van der Waals surface area contributed by atoms with Crippen LogP contribution in [0.25, 0.3) is 0 Å². The first-order chi connectivity index (χ1) is 11.0. The first-order valence-corrected chi connectivity index (χ1v) is 8.20. The lowest BCUT2D eigenvalue weighted by Gasteiger charge is -2.30. The standard InChI is InChI=1S/C16H26N4O3/c1-11-10-13(19-23-11)18-8-9-20(2)16(22)14(15(17)21)12-6-4-3-5-7-12/h10,12,14H,3-9H2,1-2H3,(H2,17,21)(H,18,19). The van der Waals surface area contributed by atoms with Crippen LogP contribution < -0.4 is 11.1 Å². The first kappa shape index (κ1) is 17.3. The third kappa shape index (κ3) is 4.71. The molecule has 0 radical (unpaired) electrons. The van der Waals surface area contributed by atoms with Crippen LogP contribution in [0.3, 0.4) is 0 Å². The molecule has 7 heteroatoms. The fourth-order valence-corrected chi connectivity index (χ4v) is 3.17. The van der Waals surface area contributed by atoms with Crippen molar-refractivity contribution in [3.8, 4) is 0 Å². The first-order valence-electron chi connectivity index (χ1n) is 8.20. The summed E-state index contributed by atoms with van der Waals surface area (Å²) in [5.41, 5.74) is 5.50. The van der Waals surface area contributed by atoms with Gasteiger partial charge in [0.2, 0.25) is 11.8 Å². The number of aromatic nitrogens is 1. The summed E-state index contributed by atoms with van der Waals surface area (Å²) in [7, 11) is 1.71. The number of hydrogen-bond donors (Lipinski definition) is 2. The van der Waals surface area contributed by atoms with E-state index < -0.39 is 11.8 Å². The van der Waals surface area contributed by atoms with E-state index in [1.54, 1.807) is 18.0 Å². The summed E-state index contributed by atoms with van der Waals surface area (Å²) in [4.78, 5) is 25.9. The molecule has 2 amide bonds. The molecule has 1 aliphatic rings. The average Bonchev–Trinajstić information content (AvgIpc) is 2.93. The van der Waals surface area contributed by atoms with E-state index >= 15 is 0 Å². The van der Waals surface area contributed by atoms with Gasteiger partial charge in [0.15, 0.2) is 5.82 Å². The second-order valence-electron chi connectivity index (χ2n) is 6.29. The Morgan fingerprint density at radius 2 is 2.13 bits per heavy atom. The van der Waals surface area contributed by atoms with Crippen molar-refractivity contribution in [2.75, 3.05) is 25.5 Å². The number of nitrogens with two attached hydrogens (primary N) is 1. The van der Waals surface area contributed by atoms with Gasteiger partial charge in [-0.15, -0.1) is 0 Å². The van der Waals surface area contributed by atoms with Gasteiger partial charge in [-0.2, -0.15) is 0 Å². The zero-order chi connectivity index (χ0) is 16.8. The van der Waals surface area contributed by atoms with E-state index in [0.29, 0.717) is 18.9 Å². The molecule has 1 heterocycles. The Kier molecular flexibility index (Phi) is 6.01. The highest BCUT2D eigenvalue weighted by molar-refractivity contribution is 5.99. The number of carbonyl (C=O) groups is 2. The number of hydrogen-bond acceptors (Lipinski definition) is 5. The SMILES string of the molecule is Cc1cc(NCCN(C)C(=O)C(C(N)=O)C2CCCCC2)no1. The fourth-order valence-electron chi connectivity index (χ4n) is 3.17. The van der Waals surface area contributed by atoms with Crippen LogP contribution in [0.15, 0.2) is 10.6 Å². The van der Waals surface area contributed by atoms with E-state index in [9.17, 15) is 9.59 Å². The van der Waals surface area contributed by atoms with Gasteiger partial charge in [-0.05, 0) is 25.7 Å². The molecule has 0 saturated heterocycles. The van der Waals surface area contributed by atoms with Crippen LogP contribution >= 0.6 is 0 Å². The zero-order valence-corrected chi connectivity index (χ0v) is 13.9. The molecular formula is C16H26N4O3. The van der Waals surface area contributed by atoms with E-state index in [1.807, 2.05) is 6.92 Å². The summed E-state index contributed by atoms with van der Waals surface area (Å²) in [6.45, 7) is 2.82. The number of aryl methyl sites for hydroxylation is 1. The lowest BCUT2D eigenvalue weighted by Crippen LogP contribution is -2.45. The minimum atomic E-state index is -0.699. The molecule has 2 rings (SSSR count). The molecular weight excluding hydrogens is 296 g/mol. The minimum absolute atomic E-state index is 0.0855. The number of likely N-dealkylation sites (N-methyl/N-ethyl adjacent to an activating group) is 1. The van der Waals surface area contributed by atoms with Crippen molar-refractivity contribution in [1.29, 1.82) is 0 Å². The summed E-state index contributed by atoms with van der Waals surface area (Å²) in [6.07, 6.45) is 5.12. The molecule has 0 aromatic carbocycles. The molecule has 1 fully saturated rings. The third-order valence-corrected chi connectivity index (χ3v) is 4.45. The van der Waals surface area contributed by atoms with E-state index in [4.69, 9.17) is 10.3 Å². The van der Waals surface area contributed by atoms with Crippen LogP contribution in [0, 0.1) is 18.8 Å². The number of anilines is 1. The predicted octanol–water partition coefficient (Wildman–Crippen LogP) is 1.54. The quantitative estimate of drug-likeness (QED) is 0.741. The molecule has 1 aromatic heterocycles. The number of carbonyl (C=O) groups excluding carboxylic acids is 2. The molecule has 7 nitrogen and oxygen atoms in total. The number of rotatable bonds is 7. The molecule has 0 bridgehead atoms. The van der Waals surface area contributed by atoms with Crippen LogP contribution in [-0.4, -0.2) is 42.0 Å². The van der Waals surface area contributed by atoms with Gasteiger partial charge in [-0.1, -0.05) is 24.4 Å². The highest BCUT2D eigenvalue weighted by atomic mass is 16.5. The van der Waals surface area contributed by atoms with Gasteiger partial charge in [0, 0.05) is 26.2 Å². The van der Waals surface area contributed by atoms with Crippen LogP contribution in [0.2, 0.25) is 0 Å². The molecule has 23 heavy (non-hydrogen) atoms. The largest absolute Gasteiger partial charge is 0.369 e. The highest BCUT2D eigenvalue weighted by Gasteiger charge is 2.35. The summed E-state index contributed by atoms with van der Waals surface area (Å²) in [6, 6.07) is 1.79. The Bertz CT molecular complexity index is 537. The maximum Gasteiger partial charge on any atom is 0.235 e. The monoisotopic (exact) mass is 322 g/mol. The summed E-state index contributed by atoms with van der Waals surface area (Å²) >= 11 is 0.